The lowest BCUT2D eigenvalue weighted by molar-refractivity contribution is 0.0644. The molecule has 5 heteroatoms. The lowest BCUT2D eigenvalue weighted by Crippen LogP contribution is -2.45. The van der Waals surface area contributed by atoms with Crippen molar-refractivity contribution in [2.45, 2.75) is 38.6 Å². The van der Waals surface area contributed by atoms with E-state index in [-0.39, 0.29) is 0 Å². The lowest BCUT2D eigenvalue weighted by Gasteiger charge is -2.35. The van der Waals surface area contributed by atoms with Crippen LogP contribution in [0.2, 0.25) is 0 Å². The van der Waals surface area contributed by atoms with Crippen molar-refractivity contribution in [3.05, 3.63) is 23.5 Å². The molecule has 112 valence electrons. The molecule has 0 amide bonds. The molecule has 1 saturated heterocycles. The number of piperidine rings is 1. The van der Waals surface area contributed by atoms with Crippen molar-refractivity contribution in [1.82, 2.24) is 9.88 Å². The number of pyridine rings is 1. The molecule has 0 aliphatic carbocycles. The Morgan fingerprint density at radius 3 is 2.80 bits per heavy atom. The monoisotopic (exact) mass is 281 g/mol. The van der Waals surface area contributed by atoms with E-state index in [9.17, 15) is 9.50 Å². The number of aliphatic hydroxyl groups is 1. The van der Waals surface area contributed by atoms with Crippen LogP contribution in [-0.4, -0.2) is 54.5 Å². The van der Waals surface area contributed by atoms with Gasteiger partial charge in [0.2, 0.25) is 0 Å². The van der Waals surface area contributed by atoms with Crippen molar-refractivity contribution >= 4 is 5.69 Å². The Kier molecular flexibility index (Phi) is 4.94. The third-order valence-corrected chi connectivity index (χ3v) is 3.68. The summed E-state index contributed by atoms with van der Waals surface area (Å²) < 4.78 is 13.4. The second-order valence-corrected chi connectivity index (χ2v) is 5.68. The Balaban J connectivity index is 2.25. The minimum absolute atomic E-state index is 0.342. The van der Waals surface area contributed by atoms with E-state index in [0.29, 0.717) is 19.5 Å². The van der Waals surface area contributed by atoms with Gasteiger partial charge in [-0.1, -0.05) is 6.92 Å². The fraction of sp³-hybridized carbons (Fsp3) is 0.667. The molecule has 0 bridgehead atoms. The Hall–Kier alpha value is -1.20. The van der Waals surface area contributed by atoms with Crippen molar-refractivity contribution < 1.29 is 9.50 Å². The Morgan fingerprint density at radius 2 is 2.20 bits per heavy atom. The zero-order chi connectivity index (χ0) is 14.7. The first kappa shape index (κ1) is 15.2. The quantitative estimate of drug-likeness (QED) is 0.910. The zero-order valence-electron chi connectivity index (χ0n) is 12.5. The van der Waals surface area contributed by atoms with Crippen LogP contribution >= 0.6 is 0 Å². The van der Waals surface area contributed by atoms with E-state index in [1.807, 2.05) is 25.1 Å². The third kappa shape index (κ3) is 3.46. The van der Waals surface area contributed by atoms with Crippen molar-refractivity contribution in [3.63, 3.8) is 0 Å². The molecule has 2 atom stereocenters. The van der Waals surface area contributed by atoms with Gasteiger partial charge < -0.3 is 14.9 Å². The average molecular weight is 281 g/mol. The number of hydrogen-bond acceptors (Lipinski definition) is 4. The molecule has 0 saturated carbocycles. The van der Waals surface area contributed by atoms with E-state index in [0.717, 1.165) is 30.0 Å². The molecule has 20 heavy (non-hydrogen) atoms. The topological polar surface area (TPSA) is 39.6 Å². The summed E-state index contributed by atoms with van der Waals surface area (Å²) in [5, 5.41) is 9.74. The summed E-state index contributed by atoms with van der Waals surface area (Å²) in [5.74, 6) is 0. The molecule has 2 rings (SSSR count). The minimum atomic E-state index is -1.11. The van der Waals surface area contributed by atoms with Crippen LogP contribution in [0.1, 0.15) is 24.7 Å². The first-order valence-corrected chi connectivity index (χ1v) is 7.22. The predicted octanol–water partition coefficient (Wildman–Crippen LogP) is 1.61. The van der Waals surface area contributed by atoms with Crippen LogP contribution in [0, 0.1) is 0 Å². The molecule has 0 aromatic carbocycles. The Morgan fingerprint density at radius 1 is 1.45 bits per heavy atom. The van der Waals surface area contributed by atoms with Gasteiger partial charge in [0.05, 0.1) is 11.4 Å². The van der Waals surface area contributed by atoms with Crippen molar-refractivity contribution in [2.75, 3.05) is 32.1 Å². The summed E-state index contributed by atoms with van der Waals surface area (Å²) in [4.78, 5) is 8.81. The summed E-state index contributed by atoms with van der Waals surface area (Å²) >= 11 is 0. The number of halogens is 1. The number of hydrogen-bond donors (Lipinski definition) is 1. The highest BCUT2D eigenvalue weighted by Crippen LogP contribution is 2.25. The predicted molar refractivity (Wildman–Crippen MR) is 78.7 cm³/mol. The summed E-state index contributed by atoms with van der Waals surface area (Å²) in [6.45, 7) is 3.80. The molecular formula is C15H24FN3O. The van der Waals surface area contributed by atoms with Crippen LogP contribution < -0.4 is 4.90 Å². The van der Waals surface area contributed by atoms with Gasteiger partial charge in [0, 0.05) is 25.3 Å². The van der Waals surface area contributed by atoms with Gasteiger partial charge in [0.25, 0.3) is 0 Å². The fourth-order valence-electron chi connectivity index (χ4n) is 2.56. The molecule has 1 aliphatic rings. The molecule has 1 N–H and O–H groups in total. The van der Waals surface area contributed by atoms with Crippen LogP contribution in [0.5, 0.6) is 0 Å². The molecular weight excluding hydrogens is 257 g/mol. The maximum Gasteiger partial charge on any atom is 0.129 e. The molecule has 0 unspecified atom stereocenters. The van der Waals surface area contributed by atoms with Gasteiger partial charge in [0.1, 0.15) is 12.3 Å². The van der Waals surface area contributed by atoms with Gasteiger partial charge in [-0.2, -0.15) is 0 Å². The van der Waals surface area contributed by atoms with Gasteiger partial charge >= 0.3 is 0 Å². The normalized spacial score (nSPS) is 23.4. The Bertz CT molecular complexity index is 453. The van der Waals surface area contributed by atoms with Gasteiger partial charge in [0.15, 0.2) is 0 Å². The smallest absolute Gasteiger partial charge is 0.129 e. The van der Waals surface area contributed by atoms with E-state index in [2.05, 4.69) is 17.9 Å². The molecule has 1 fully saturated rings. The highest BCUT2D eigenvalue weighted by atomic mass is 19.1. The number of aryl methyl sites for hydroxylation is 1. The van der Waals surface area contributed by atoms with E-state index in [1.165, 1.54) is 0 Å². The van der Waals surface area contributed by atoms with Crippen molar-refractivity contribution in [1.29, 1.82) is 0 Å². The zero-order valence-corrected chi connectivity index (χ0v) is 12.5. The third-order valence-electron chi connectivity index (χ3n) is 3.68. The highest BCUT2D eigenvalue weighted by Gasteiger charge is 2.28. The number of nitrogens with zero attached hydrogens (tertiary/aromatic N) is 3. The maximum atomic E-state index is 13.4. The first-order chi connectivity index (χ1) is 9.51. The van der Waals surface area contributed by atoms with E-state index in [4.69, 9.17) is 4.98 Å². The number of rotatable bonds is 4. The summed E-state index contributed by atoms with van der Waals surface area (Å²) in [5.41, 5.74) is 3.08. The highest BCUT2D eigenvalue weighted by molar-refractivity contribution is 5.52. The van der Waals surface area contributed by atoms with Gasteiger partial charge in [-0.25, -0.2) is 4.39 Å². The number of anilines is 1. The molecule has 4 nitrogen and oxygen atoms in total. The van der Waals surface area contributed by atoms with Gasteiger partial charge in [-0.05, 0) is 39.1 Å². The SMILES string of the molecule is CCc1ccc(N2CC[C@@H](F)[C@@H](O)C2)c(CN(C)C)n1. The number of alkyl halides is 1. The largest absolute Gasteiger partial charge is 0.388 e. The van der Waals surface area contributed by atoms with Gasteiger partial charge in [-0.3, -0.25) is 4.98 Å². The molecule has 0 spiro atoms. The fourth-order valence-corrected chi connectivity index (χ4v) is 2.56. The van der Waals surface area contributed by atoms with Crippen LogP contribution in [0.4, 0.5) is 10.1 Å². The van der Waals surface area contributed by atoms with Crippen molar-refractivity contribution in [3.8, 4) is 0 Å². The maximum absolute atomic E-state index is 13.4. The molecule has 1 aromatic rings. The lowest BCUT2D eigenvalue weighted by atomic mass is 10.0. The average Bonchev–Trinajstić information content (AvgIpc) is 2.41. The van der Waals surface area contributed by atoms with Crippen LogP contribution in [-0.2, 0) is 13.0 Å². The number of aliphatic hydroxyl groups excluding tert-OH is 1. The summed E-state index contributed by atoms with van der Waals surface area (Å²) in [6.07, 6.45) is -0.734. The second kappa shape index (κ2) is 6.50. The minimum Gasteiger partial charge on any atom is -0.388 e. The standard InChI is InChI=1S/C15H24FN3O/c1-4-11-5-6-14(13(17-11)9-18(2)3)19-8-7-12(16)15(20)10-19/h5-6,12,15,20H,4,7-10H2,1-3H3/t12-,15+/m1/s1. The number of aromatic nitrogens is 1. The molecule has 2 heterocycles. The molecule has 1 aromatic heterocycles. The van der Waals surface area contributed by atoms with E-state index >= 15 is 0 Å². The molecule has 1 aliphatic heterocycles. The number of β-amino-alcohol motifs (C(OH)–C–C–N with tert-alkyl or cyclic N) is 1. The van der Waals surface area contributed by atoms with Crippen LogP contribution in [0.25, 0.3) is 0 Å². The van der Waals surface area contributed by atoms with Gasteiger partial charge in [-0.15, -0.1) is 0 Å². The first-order valence-electron chi connectivity index (χ1n) is 7.22. The summed E-state index contributed by atoms with van der Waals surface area (Å²) in [7, 11) is 4.01. The molecule has 0 radical (unpaired) electrons. The van der Waals surface area contributed by atoms with E-state index < -0.39 is 12.3 Å². The van der Waals surface area contributed by atoms with Crippen molar-refractivity contribution in [2.24, 2.45) is 0 Å². The summed E-state index contributed by atoms with van der Waals surface area (Å²) in [6, 6.07) is 4.07. The Labute approximate surface area is 120 Å². The van der Waals surface area contributed by atoms with Crippen LogP contribution in [0.15, 0.2) is 12.1 Å². The van der Waals surface area contributed by atoms with Crippen LogP contribution in [0.3, 0.4) is 0 Å². The van der Waals surface area contributed by atoms with E-state index in [1.54, 1.807) is 0 Å². The second-order valence-electron chi connectivity index (χ2n) is 5.68.